The minimum Gasteiger partial charge on any atom is -0.358 e. The Balaban J connectivity index is -0.000000195. The van der Waals surface area contributed by atoms with E-state index in [-0.39, 0.29) is 101 Å². The Morgan fingerprint density at radius 3 is 1.24 bits per heavy atom. The number of nitrogens with zero attached hydrogens (tertiary/aromatic N) is 3. The van der Waals surface area contributed by atoms with Crippen LogP contribution in [0.15, 0.2) is 119 Å². The lowest BCUT2D eigenvalue weighted by Gasteiger charge is -2.20. The number of benzene rings is 4. The molecule has 0 bridgehead atoms. The van der Waals surface area contributed by atoms with Crippen molar-refractivity contribution in [2.75, 3.05) is 0 Å². The Morgan fingerprint density at radius 2 is 0.854 bits per heavy atom. The maximum atomic E-state index is 4.81. The van der Waals surface area contributed by atoms with Crippen LogP contribution in [-0.4, -0.2) is 20.7 Å². The molecule has 4 heterocycles. The molecule has 0 unspecified atom stereocenters. The van der Waals surface area contributed by atoms with E-state index < -0.39 is 0 Å². The largest absolute Gasteiger partial charge is 0.358 e. The molecule has 2 aliphatic rings. The molecule has 0 saturated carbocycles. The van der Waals surface area contributed by atoms with E-state index in [1.807, 2.05) is 6.20 Å². The number of H-pyrrole nitrogens is 1. The minimum absolute atomic E-state index is 0. The van der Waals surface area contributed by atoms with Gasteiger partial charge in [-0.25, -0.2) is 4.98 Å². The summed E-state index contributed by atoms with van der Waals surface area (Å²) in [6.45, 7) is 66.9. The Morgan fingerprint density at radius 1 is 0.396 bits per heavy atom. The molecule has 1 N–H and O–H groups in total. The van der Waals surface area contributed by atoms with E-state index in [0.29, 0.717) is 40.9 Å². The third-order valence-electron chi connectivity index (χ3n) is 16.4. The molecule has 3 aromatic heterocycles. The molecule has 4 nitrogen and oxygen atoms in total. The number of aliphatic imine (C=N–C) groups is 1. The molecule has 0 radical (unpaired) electrons. The molecule has 7 aromatic rings. The van der Waals surface area contributed by atoms with Crippen molar-refractivity contribution in [2.24, 2.45) is 15.8 Å². The fraction of sp³-hybridized carbons (Fsp3) is 0.593. The minimum atomic E-state index is 0. The summed E-state index contributed by atoms with van der Waals surface area (Å²) in [6, 6.07) is 36.0. The van der Waals surface area contributed by atoms with Crippen LogP contribution in [0.4, 0.5) is 5.69 Å². The number of nitrogens with one attached hydrogen (secondary N) is 1. The zero-order valence-electron chi connectivity index (χ0n) is 60.1. The summed E-state index contributed by atoms with van der Waals surface area (Å²) in [6.07, 6.45) is 6.53. The van der Waals surface area contributed by atoms with Gasteiger partial charge in [-0.05, 0) is 137 Å². The van der Waals surface area contributed by atoms with E-state index in [1.54, 1.807) is 16.9 Å². The van der Waals surface area contributed by atoms with Gasteiger partial charge >= 0.3 is 0 Å². The van der Waals surface area contributed by atoms with Crippen molar-refractivity contribution in [2.45, 2.75) is 352 Å². The third-order valence-corrected chi connectivity index (χ3v) is 17.5. The van der Waals surface area contributed by atoms with Gasteiger partial charge < -0.3 is 4.98 Å². The highest BCUT2D eigenvalue weighted by molar-refractivity contribution is 7.09. The van der Waals surface area contributed by atoms with Crippen LogP contribution in [0.2, 0.25) is 0 Å². The molecule has 0 atom stereocenters. The van der Waals surface area contributed by atoms with Crippen LogP contribution in [0, 0.1) is 10.8 Å². The molecular formula is C91H160N4S. The first-order valence-electron chi connectivity index (χ1n) is 32.6. The molecule has 0 saturated heterocycles. The first kappa shape index (κ1) is 104. The van der Waals surface area contributed by atoms with Gasteiger partial charge in [0.1, 0.15) is 0 Å². The zero-order valence-corrected chi connectivity index (χ0v) is 60.9. The van der Waals surface area contributed by atoms with Gasteiger partial charge in [-0.3, -0.25) is 9.98 Å². The number of thiazole rings is 1. The van der Waals surface area contributed by atoms with Crippen molar-refractivity contribution in [3.8, 4) is 0 Å². The predicted octanol–water partition coefficient (Wildman–Crippen LogP) is 31.4. The monoisotopic (exact) mass is 1340 g/mol. The number of aromatic nitrogens is 3. The number of pyridine rings is 1. The maximum absolute atomic E-state index is 4.81. The highest BCUT2D eigenvalue weighted by atomic mass is 32.1. The summed E-state index contributed by atoms with van der Waals surface area (Å²) in [5, 5.41) is 4.75. The average molecular weight is 1340 g/mol. The SMILES string of the molecule is C.C.C.C.C.C.C.C.C.C.CC(C)(C)C1=Cc2cc(C(C)(C)C)ccc2C1.CC(C)(C)C1=Nc2cc(C(C)(C)C)ccc2C1.CC(C)c1ccc(C(C)(C)C)cc1.CC(C)c1ccc(C(C)(C)C)nc1.CC(C)c1ccc2cc(C(C)C)[nH]c2c1.CC(C)c1csc(C(C)C)n1. The van der Waals surface area contributed by atoms with Crippen molar-refractivity contribution in [3.63, 3.8) is 0 Å². The topological polar surface area (TPSA) is 53.9 Å². The van der Waals surface area contributed by atoms with Crippen LogP contribution in [0.1, 0.15) is 390 Å². The first-order chi connectivity index (χ1) is 39.4. The zero-order chi connectivity index (χ0) is 65.2. The van der Waals surface area contributed by atoms with Crippen LogP contribution >= 0.6 is 11.3 Å². The second kappa shape index (κ2) is 42.5. The molecule has 1 aliphatic heterocycles. The second-order valence-electron chi connectivity index (χ2n) is 32.5. The molecule has 96 heavy (non-hydrogen) atoms. The number of allylic oxidation sites excluding steroid dienone is 1. The number of hydrogen-bond acceptors (Lipinski definition) is 4. The molecule has 0 spiro atoms. The maximum Gasteiger partial charge on any atom is 0.0953 e. The lowest BCUT2D eigenvalue weighted by molar-refractivity contribution is 0.498. The van der Waals surface area contributed by atoms with Gasteiger partial charge in [0, 0.05) is 57.4 Å². The van der Waals surface area contributed by atoms with E-state index in [2.05, 4.69) is 331 Å². The lowest BCUT2D eigenvalue weighted by atomic mass is 9.85. The molecule has 5 heteroatoms. The molecule has 9 rings (SSSR count). The first-order valence-corrected chi connectivity index (χ1v) is 33.4. The van der Waals surface area contributed by atoms with Crippen LogP contribution in [0.25, 0.3) is 17.0 Å². The lowest BCUT2D eigenvalue weighted by Crippen LogP contribution is -2.19. The summed E-state index contributed by atoms with van der Waals surface area (Å²) < 4.78 is 0. The van der Waals surface area contributed by atoms with Crippen LogP contribution in [0.5, 0.6) is 0 Å². The van der Waals surface area contributed by atoms with Gasteiger partial charge in [0.2, 0.25) is 0 Å². The van der Waals surface area contributed by atoms with Crippen molar-refractivity contribution >= 4 is 39.7 Å². The highest BCUT2D eigenvalue weighted by Gasteiger charge is 2.27. The Bertz CT molecular complexity index is 3100. The van der Waals surface area contributed by atoms with E-state index in [4.69, 9.17) is 4.99 Å². The summed E-state index contributed by atoms with van der Waals surface area (Å²) in [7, 11) is 0. The fourth-order valence-electron chi connectivity index (χ4n) is 9.59. The van der Waals surface area contributed by atoms with Gasteiger partial charge in [0.05, 0.1) is 16.4 Å². The van der Waals surface area contributed by atoms with Crippen LogP contribution in [-0.2, 0) is 34.5 Å². The molecule has 0 fully saturated rings. The standard InChI is InChI=1S/C17H24.C16H23N.C14H19N.C13H20.C12H19N.C9H15NS.10CH4/c1-16(2,3)14-8-7-12-9-15(17(4,5)6)11-13(12)10-14;1-15(2,3)12-8-7-11-9-14(16(4,5)6)17-13(11)10-12;1-9(2)11-5-6-12-8-13(10(3)4)15-14(12)7-11;1-10(2)11-6-8-12(9-7-11)13(3,4)5;1-9(2)10-6-7-11(13-8-10)12(3,4)5;1-6(2)8-5-11-9(10-8)7(3)4;;;;;;;;;;/h7-8,10-11H,9H2,1-6H3;7-8,10H,9H2,1-6H3;5-10,15H,1-4H3;6-10H,1-5H3;6-9H,1-5H3;5-7H,1-4H3;10*1H4. The smallest absolute Gasteiger partial charge is 0.0953 e. The summed E-state index contributed by atoms with van der Waals surface area (Å²) in [5.74, 6) is 3.52. The van der Waals surface area contributed by atoms with Crippen molar-refractivity contribution in [1.29, 1.82) is 0 Å². The van der Waals surface area contributed by atoms with Gasteiger partial charge in [-0.2, -0.15) is 0 Å². The quantitative estimate of drug-likeness (QED) is 0.180. The number of hydrogen-bond donors (Lipinski definition) is 1. The van der Waals surface area contributed by atoms with E-state index in [9.17, 15) is 0 Å². The van der Waals surface area contributed by atoms with Gasteiger partial charge in [-0.1, -0.05) is 366 Å². The van der Waals surface area contributed by atoms with Gasteiger partial charge in [-0.15, -0.1) is 11.3 Å². The van der Waals surface area contributed by atoms with Crippen molar-refractivity contribution < 1.29 is 0 Å². The molecule has 550 valence electrons. The predicted molar refractivity (Wildman–Crippen MR) is 452 cm³/mol. The Hall–Kier alpha value is -5.39. The van der Waals surface area contributed by atoms with Crippen molar-refractivity contribution in [1.82, 2.24) is 15.0 Å². The molecular weight excluding hydrogens is 1180 g/mol. The van der Waals surface area contributed by atoms with E-state index in [1.165, 1.54) is 88.8 Å². The summed E-state index contributed by atoms with van der Waals surface area (Å²) >= 11 is 1.77. The summed E-state index contributed by atoms with van der Waals surface area (Å²) in [5.41, 5.74) is 23.0. The second-order valence-corrected chi connectivity index (χ2v) is 33.4. The van der Waals surface area contributed by atoms with Crippen LogP contribution in [0.3, 0.4) is 0 Å². The van der Waals surface area contributed by atoms with Crippen LogP contribution < -0.4 is 0 Å². The van der Waals surface area contributed by atoms with Gasteiger partial charge in [0.15, 0.2) is 0 Å². The molecule has 4 aromatic carbocycles. The third kappa shape index (κ3) is 31.6. The Labute approximate surface area is 605 Å². The fourth-order valence-corrected chi connectivity index (χ4v) is 10.6. The number of aromatic amines is 1. The van der Waals surface area contributed by atoms with E-state index in [0.717, 1.165) is 18.5 Å². The number of fused-ring (bicyclic) bond motifs is 3. The van der Waals surface area contributed by atoms with Gasteiger partial charge in [0.25, 0.3) is 0 Å². The van der Waals surface area contributed by atoms with E-state index >= 15 is 0 Å². The van der Waals surface area contributed by atoms with Crippen molar-refractivity contribution in [3.05, 3.63) is 186 Å². The summed E-state index contributed by atoms with van der Waals surface area (Å²) in [4.78, 5) is 17.3. The number of rotatable bonds is 6. The Kier molecular flexibility index (Phi) is 46.1. The molecule has 0 amide bonds. The average Bonchev–Trinajstić information content (AvgIpc) is 1.65. The highest BCUT2D eigenvalue weighted by Crippen LogP contribution is 2.39. The normalized spacial score (nSPS) is 12.0. The molecule has 1 aliphatic carbocycles.